The van der Waals surface area contributed by atoms with Gasteiger partial charge in [0.15, 0.2) is 0 Å². The lowest BCUT2D eigenvalue weighted by Crippen LogP contribution is -2.63. The third-order valence-electron chi connectivity index (χ3n) is 1.79. The minimum Gasteiger partial charge on any atom is -0.387 e. The van der Waals surface area contributed by atoms with E-state index in [9.17, 15) is 5.11 Å². The van der Waals surface area contributed by atoms with Crippen LogP contribution in [0.2, 0.25) is 0 Å². The number of rotatable bonds is 2. The smallest absolute Gasteiger partial charge is 0.0920 e. The van der Waals surface area contributed by atoms with E-state index in [1.807, 2.05) is 0 Å². The number of hydrogen-bond donors (Lipinski definition) is 3. The zero-order chi connectivity index (χ0) is 7.71. The van der Waals surface area contributed by atoms with Gasteiger partial charge in [-0.15, -0.1) is 0 Å². The molecule has 0 fully saturated rings. The molecule has 0 heterocycles. The Morgan fingerprint density at radius 2 is 1.67 bits per heavy atom. The lowest BCUT2D eigenvalue weighted by atomic mass is 9.94. The molecule has 9 heavy (non-hydrogen) atoms. The van der Waals surface area contributed by atoms with Gasteiger partial charge in [0.05, 0.1) is 11.3 Å². The Bertz CT molecular complexity index is 93.7. The van der Waals surface area contributed by atoms with Crippen LogP contribution < -0.4 is 11.1 Å². The molecule has 0 aliphatic carbocycles. The lowest BCUT2D eigenvalue weighted by Gasteiger charge is -2.36. The van der Waals surface area contributed by atoms with E-state index in [0.29, 0.717) is 0 Å². The molecule has 0 spiro atoms. The van der Waals surface area contributed by atoms with E-state index >= 15 is 0 Å². The molecule has 0 rings (SSSR count). The zero-order valence-electron chi connectivity index (χ0n) is 6.52. The standard InChI is InChI=1S/C6H16N2O/c1-5(2,9)6(3,7)8-4/h8-9H,7H2,1-4H3. The van der Waals surface area contributed by atoms with Gasteiger partial charge < -0.3 is 16.2 Å². The summed E-state index contributed by atoms with van der Waals surface area (Å²) in [6.45, 7) is 5.08. The molecular weight excluding hydrogens is 116 g/mol. The van der Waals surface area contributed by atoms with E-state index in [1.165, 1.54) is 0 Å². The summed E-state index contributed by atoms with van der Waals surface area (Å²) in [5.74, 6) is 0. The Morgan fingerprint density at radius 3 is 1.67 bits per heavy atom. The fourth-order valence-electron chi connectivity index (χ4n) is 0.306. The number of likely N-dealkylation sites (N-methyl/N-ethyl adjacent to an activating group) is 1. The highest BCUT2D eigenvalue weighted by atomic mass is 16.3. The largest absolute Gasteiger partial charge is 0.387 e. The number of hydrogen-bond acceptors (Lipinski definition) is 3. The molecule has 3 heteroatoms. The topological polar surface area (TPSA) is 58.3 Å². The molecule has 1 atom stereocenters. The van der Waals surface area contributed by atoms with E-state index in [-0.39, 0.29) is 0 Å². The van der Waals surface area contributed by atoms with Crippen molar-refractivity contribution in [2.24, 2.45) is 5.73 Å². The summed E-state index contributed by atoms with van der Waals surface area (Å²) < 4.78 is 0. The molecule has 0 radical (unpaired) electrons. The molecule has 0 saturated carbocycles. The summed E-state index contributed by atoms with van der Waals surface area (Å²) in [6, 6.07) is 0. The van der Waals surface area contributed by atoms with Gasteiger partial charge in [0.2, 0.25) is 0 Å². The summed E-state index contributed by atoms with van der Waals surface area (Å²) in [6.07, 6.45) is 0. The molecule has 0 aliphatic rings. The van der Waals surface area contributed by atoms with Gasteiger partial charge in [0.25, 0.3) is 0 Å². The van der Waals surface area contributed by atoms with Gasteiger partial charge in [-0.2, -0.15) is 0 Å². The van der Waals surface area contributed by atoms with E-state index in [2.05, 4.69) is 5.32 Å². The summed E-state index contributed by atoms with van der Waals surface area (Å²) in [5.41, 5.74) is 4.03. The Hall–Kier alpha value is -0.120. The van der Waals surface area contributed by atoms with Gasteiger partial charge in [-0.05, 0) is 27.8 Å². The second-order valence-electron chi connectivity index (χ2n) is 3.01. The molecule has 0 aliphatic heterocycles. The second kappa shape index (κ2) is 2.25. The third-order valence-corrected chi connectivity index (χ3v) is 1.79. The van der Waals surface area contributed by atoms with Crippen LogP contribution in [-0.4, -0.2) is 23.4 Å². The molecule has 0 amide bonds. The lowest BCUT2D eigenvalue weighted by molar-refractivity contribution is -0.00693. The van der Waals surface area contributed by atoms with E-state index in [4.69, 9.17) is 5.73 Å². The number of aliphatic hydroxyl groups is 1. The van der Waals surface area contributed by atoms with Gasteiger partial charge >= 0.3 is 0 Å². The van der Waals surface area contributed by atoms with Crippen molar-refractivity contribution in [3.05, 3.63) is 0 Å². The molecular formula is C6H16N2O. The fourth-order valence-corrected chi connectivity index (χ4v) is 0.306. The molecule has 3 nitrogen and oxygen atoms in total. The average molecular weight is 132 g/mol. The van der Waals surface area contributed by atoms with Crippen molar-refractivity contribution in [1.29, 1.82) is 0 Å². The van der Waals surface area contributed by atoms with Crippen molar-refractivity contribution in [2.75, 3.05) is 7.05 Å². The van der Waals surface area contributed by atoms with E-state index in [1.54, 1.807) is 27.8 Å². The molecule has 0 saturated heterocycles. The first-order chi connectivity index (χ1) is 3.81. The Morgan fingerprint density at radius 1 is 1.33 bits per heavy atom. The Balaban J connectivity index is 4.14. The summed E-state index contributed by atoms with van der Waals surface area (Å²) in [7, 11) is 1.72. The van der Waals surface area contributed by atoms with Crippen molar-refractivity contribution in [1.82, 2.24) is 5.32 Å². The van der Waals surface area contributed by atoms with Crippen LogP contribution in [0.15, 0.2) is 0 Å². The van der Waals surface area contributed by atoms with Crippen LogP contribution in [0.4, 0.5) is 0 Å². The maximum Gasteiger partial charge on any atom is 0.0920 e. The van der Waals surface area contributed by atoms with Gasteiger partial charge in [0, 0.05) is 0 Å². The summed E-state index contributed by atoms with van der Waals surface area (Å²) in [5, 5.41) is 12.2. The van der Waals surface area contributed by atoms with Crippen molar-refractivity contribution < 1.29 is 5.11 Å². The van der Waals surface area contributed by atoms with Crippen molar-refractivity contribution in [3.8, 4) is 0 Å². The maximum atomic E-state index is 9.36. The van der Waals surface area contributed by atoms with Gasteiger partial charge in [0.1, 0.15) is 0 Å². The highest BCUT2D eigenvalue weighted by Gasteiger charge is 2.33. The molecule has 0 aromatic rings. The highest BCUT2D eigenvalue weighted by Crippen LogP contribution is 2.13. The third kappa shape index (κ3) is 1.93. The minimum absolute atomic E-state index is 0.715. The van der Waals surface area contributed by atoms with Gasteiger partial charge in [-0.25, -0.2) is 0 Å². The molecule has 1 unspecified atom stereocenters. The van der Waals surface area contributed by atoms with Crippen molar-refractivity contribution in [2.45, 2.75) is 32.0 Å². The molecule has 0 bridgehead atoms. The first kappa shape index (κ1) is 8.88. The van der Waals surface area contributed by atoms with Crippen molar-refractivity contribution >= 4 is 0 Å². The monoisotopic (exact) mass is 132 g/mol. The summed E-state index contributed by atoms with van der Waals surface area (Å²) in [4.78, 5) is 0. The van der Waals surface area contributed by atoms with Gasteiger partial charge in [-0.1, -0.05) is 0 Å². The van der Waals surface area contributed by atoms with Crippen molar-refractivity contribution in [3.63, 3.8) is 0 Å². The van der Waals surface area contributed by atoms with Crippen LogP contribution in [0, 0.1) is 0 Å². The van der Waals surface area contributed by atoms with Crippen LogP contribution >= 0.6 is 0 Å². The SMILES string of the molecule is CNC(C)(N)C(C)(C)O. The van der Waals surface area contributed by atoms with Crippen LogP contribution in [0.5, 0.6) is 0 Å². The molecule has 0 aromatic carbocycles. The van der Waals surface area contributed by atoms with Crippen LogP contribution in [-0.2, 0) is 0 Å². The first-order valence-corrected chi connectivity index (χ1v) is 3.01. The molecule has 0 aromatic heterocycles. The van der Waals surface area contributed by atoms with Crippen LogP contribution in [0.1, 0.15) is 20.8 Å². The Labute approximate surface area is 56.2 Å². The fraction of sp³-hybridized carbons (Fsp3) is 1.00. The predicted molar refractivity (Wildman–Crippen MR) is 37.9 cm³/mol. The number of nitrogens with two attached hydrogens (primary N) is 1. The molecule has 56 valence electrons. The van der Waals surface area contributed by atoms with Gasteiger partial charge in [-0.3, -0.25) is 0 Å². The zero-order valence-corrected chi connectivity index (χ0v) is 6.52. The van der Waals surface area contributed by atoms with E-state index < -0.39 is 11.3 Å². The minimum atomic E-state index is -0.887. The quantitative estimate of drug-likeness (QED) is 0.450. The van der Waals surface area contributed by atoms with Crippen LogP contribution in [0.25, 0.3) is 0 Å². The highest BCUT2D eigenvalue weighted by molar-refractivity contribution is 4.90. The Kier molecular flexibility index (Phi) is 2.22. The van der Waals surface area contributed by atoms with E-state index in [0.717, 1.165) is 0 Å². The number of nitrogens with one attached hydrogen (secondary N) is 1. The normalized spacial score (nSPS) is 19.3. The maximum absolute atomic E-state index is 9.36. The van der Waals surface area contributed by atoms with Crippen LogP contribution in [0.3, 0.4) is 0 Å². The first-order valence-electron chi connectivity index (χ1n) is 3.01. The summed E-state index contributed by atoms with van der Waals surface area (Å²) >= 11 is 0. The second-order valence-corrected chi connectivity index (χ2v) is 3.01. The average Bonchev–Trinajstić information content (AvgIpc) is 1.64. The molecule has 4 N–H and O–H groups in total. The predicted octanol–water partition coefficient (Wildman–Crippen LogP) is -0.348.